The summed E-state index contributed by atoms with van der Waals surface area (Å²) in [7, 11) is 1.67. The van der Waals surface area contributed by atoms with E-state index in [0.717, 1.165) is 30.3 Å². The molecule has 0 aliphatic carbocycles. The molecule has 3 nitrogen and oxygen atoms in total. The number of hydrogen-bond acceptors (Lipinski definition) is 3. The SMILES string of the molecule is COc1ccc(C)cc1C(N)COCCCC(C)C. The third-order valence-electron chi connectivity index (χ3n) is 3.15. The predicted octanol–water partition coefficient (Wildman–Crippen LogP) is 3.46. The lowest BCUT2D eigenvalue weighted by Crippen LogP contribution is -2.18. The number of nitrogens with two attached hydrogens (primary N) is 1. The van der Waals surface area contributed by atoms with Crippen LogP contribution in [-0.4, -0.2) is 20.3 Å². The second-order valence-corrected chi connectivity index (χ2v) is 5.46. The van der Waals surface area contributed by atoms with Gasteiger partial charge in [0.15, 0.2) is 0 Å². The number of hydrogen-bond donors (Lipinski definition) is 1. The number of methoxy groups -OCH3 is 1. The Balaban J connectivity index is 2.44. The van der Waals surface area contributed by atoms with Crippen LogP contribution in [0.1, 0.15) is 43.9 Å². The van der Waals surface area contributed by atoms with Crippen LogP contribution in [-0.2, 0) is 4.74 Å². The fourth-order valence-corrected chi connectivity index (χ4v) is 2.04. The standard InChI is InChI=1S/C16H27NO2/c1-12(2)6-5-9-19-11-15(17)14-10-13(3)7-8-16(14)18-4/h7-8,10,12,15H,5-6,9,11,17H2,1-4H3. The maximum atomic E-state index is 6.18. The van der Waals surface area contributed by atoms with Crippen LogP contribution in [0.25, 0.3) is 0 Å². The van der Waals surface area contributed by atoms with Crippen molar-refractivity contribution >= 4 is 0 Å². The van der Waals surface area contributed by atoms with E-state index < -0.39 is 0 Å². The summed E-state index contributed by atoms with van der Waals surface area (Å²) in [4.78, 5) is 0. The van der Waals surface area contributed by atoms with Gasteiger partial charge in [-0.3, -0.25) is 0 Å². The molecule has 3 heteroatoms. The van der Waals surface area contributed by atoms with Crippen LogP contribution < -0.4 is 10.5 Å². The van der Waals surface area contributed by atoms with Gasteiger partial charge in [-0.15, -0.1) is 0 Å². The summed E-state index contributed by atoms with van der Waals surface area (Å²) >= 11 is 0. The van der Waals surface area contributed by atoms with Crippen LogP contribution in [0.15, 0.2) is 18.2 Å². The minimum atomic E-state index is -0.131. The summed E-state index contributed by atoms with van der Waals surface area (Å²) in [6.45, 7) is 7.82. The zero-order valence-corrected chi connectivity index (χ0v) is 12.6. The Morgan fingerprint density at radius 3 is 2.63 bits per heavy atom. The summed E-state index contributed by atoms with van der Waals surface area (Å²) in [5.74, 6) is 1.57. The summed E-state index contributed by atoms with van der Waals surface area (Å²) < 4.78 is 11.0. The van der Waals surface area contributed by atoms with Gasteiger partial charge in [0.05, 0.1) is 19.8 Å². The number of ether oxygens (including phenoxy) is 2. The van der Waals surface area contributed by atoms with Crippen molar-refractivity contribution in [3.05, 3.63) is 29.3 Å². The fourth-order valence-electron chi connectivity index (χ4n) is 2.04. The van der Waals surface area contributed by atoms with E-state index >= 15 is 0 Å². The normalized spacial score (nSPS) is 12.7. The van der Waals surface area contributed by atoms with Crippen molar-refractivity contribution in [1.82, 2.24) is 0 Å². The fraction of sp³-hybridized carbons (Fsp3) is 0.625. The largest absolute Gasteiger partial charge is 0.496 e. The van der Waals surface area contributed by atoms with Crippen LogP contribution >= 0.6 is 0 Å². The van der Waals surface area contributed by atoms with E-state index in [1.165, 1.54) is 12.0 Å². The van der Waals surface area contributed by atoms with Gasteiger partial charge in [-0.25, -0.2) is 0 Å². The molecule has 0 spiro atoms. The molecule has 19 heavy (non-hydrogen) atoms. The van der Waals surface area contributed by atoms with Gasteiger partial charge in [0.2, 0.25) is 0 Å². The molecule has 1 rings (SSSR count). The molecule has 1 unspecified atom stereocenters. The predicted molar refractivity (Wildman–Crippen MR) is 79.6 cm³/mol. The van der Waals surface area contributed by atoms with E-state index in [-0.39, 0.29) is 6.04 Å². The molecular weight excluding hydrogens is 238 g/mol. The molecule has 0 saturated heterocycles. The highest BCUT2D eigenvalue weighted by atomic mass is 16.5. The van der Waals surface area contributed by atoms with E-state index in [2.05, 4.69) is 26.8 Å². The quantitative estimate of drug-likeness (QED) is 0.732. The van der Waals surface area contributed by atoms with Gasteiger partial charge in [-0.1, -0.05) is 31.5 Å². The number of benzene rings is 1. The van der Waals surface area contributed by atoms with Crippen molar-refractivity contribution in [2.24, 2.45) is 11.7 Å². The van der Waals surface area contributed by atoms with Gasteiger partial charge in [-0.2, -0.15) is 0 Å². The summed E-state index contributed by atoms with van der Waals surface area (Å²) in [6.07, 6.45) is 2.29. The number of aryl methyl sites for hydroxylation is 1. The Bertz CT molecular complexity index is 377. The van der Waals surface area contributed by atoms with Crippen molar-refractivity contribution in [2.75, 3.05) is 20.3 Å². The highest BCUT2D eigenvalue weighted by Crippen LogP contribution is 2.25. The van der Waals surface area contributed by atoms with Crippen molar-refractivity contribution in [3.8, 4) is 5.75 Å². The zero-order valence-electron chi connectivity index (χ0n) is 12.6. The molecule has 2 N–H and O–H groups in total. The van der Waals surface area contributed by atoms with Crippen LogP contribution in [0, 0.1) is 12.8 Å². The van der Waals surface area contributed by atoms with Gasteiger partial charge >= 0.3 is 0 Å². The highest BCUT2D eigenvalue weighted by Gasteiger charge is 2.12. The maximum Gasteiger partial charge on any atom is 0.123 e. The molecule has 0 radical (unpaired) electrons. The average Bonchev–Trinajstić information content (AvgIpc) is 2.37. The molecule has 0 bridgehead atoms. The van der Waals surface area contributed by atoms with Crippen molar-refractivity contribution in [2.45, 2.75) is 39.7 Å². The lowest BCUT2D eigenvalue weighted by atomic mass is 10.0. The van der Waals surface area contributed by atoms with Crippen molar-refractivity contribution in [3.63, 3.8) is 0 Å². The lowest BCUT2D eigenvalue weighted by molar-refractivity contribution is 0.114. The topological polar surface area (TPSA) is 44.5 Å². The first kappa shape index (κ1) is 16.0. The summed E-state index contributed by atoms with van der Waals surface area (Å²) in [5, 5.41) is 0. The van der Waals surface area contributed by atoms with Crippen LogP contribution in [0.3, 0.4) is 0 Å². The van der Waals surface area contributed by atoms with E-state index in [4.69, 9.17) is 15.2 Å². The summed E-state index contributed by atoms with van der Waals surface area (Å²) in [6, 6.07) is 5.93. The van der Waals surface area contributed by atoms with Crippen LogP contribution in [0.4, 0.5) is 0 Å². The van der Waals surface area contributed by atoms with Crippen LogP contribution in [0.5, 0.6) is 5.75 Å². The minimum absolute atomic E-state index is 0.131. The molecule has 0 aliphatic rings. The van der Waals surface area contributed by atoms with E-state index in [1.54, 1.807) is 7.11 Å². The Morgan fingerprint density at radius 2 is 2.00 bits per heavy atom. The average molecular weight is 265 g/mol. The molecule has 0 aromatic heterocycles. The molecular formula is C16H27NO2. The van der Waals surface area contributed by atoms with Crippen molar-refractivity contribution < 1.29 is 9.47 Å². The summed E-state index contributed by atoms with van der Waals surface area (Å²) in [5.41, 5.74) is 8.38. The second kappa shape index (κ2) is 8.18. The Hall–Kier alpha value is -1.06. The molecule has 0 saturated carbocycles. The molecule has 0 amide bonds. The van der Waals surface area contributed by atoms with Gasteiger partial charge < -0.3 is 15.2 Å². The van der Waals surface area contributed by atoms with Crippen molar-refractivity contribution in [1.29, 1.82) is 0 Å². The second-order valence-electron chi connectivity index (χ2n) is 5.46. The third kappa shape index (κ3) is 5.62. The van der Waals surface area contributed by atoms with Crippen LogP contribution in [0.2, 0.25) is 0 Å². The van der Waals surface area contributed by atoms with E-state index in [1.807, 2.05) is 12.1 Å². The monoisotopic (exact) mass is 265 g/mol. The Kier molecular flexibility index (Phi) is 6.89. The van der Waals surface area contributed by atoms with Gasteiger partial charge in [0, 0.05) is 12.2 Å². The molecule has 108 valence electrons. The molecule has 0 fully saturated rings. The van der Waals surface area contributed by atoms with Gasteiger partial charge in [0.1, 0.15) is 5.75 Å². The van der Waals surface area contributed by atoms with E-state index in [0.29, 0.717) is 6.61 Å². The first-order valence-electron chi connectivity index (χ1n) is 7.02. The third-order valence-corrected chi connectivity index (χ3v) is 3.15. The zero-order chi connectivity index (χ0) is 14.3. The Labute approximate surface area is 117 Å². The maximum absolute atomic E-state index is 6.18. The smallest absolute Gasteiger partial charge is 0.123 e. The van der Waals surface area contributed by atoms with Gasteiger partial charge in [0.25, 0.3) is 0 Å². The molecule has 0 aliphatic heterocycles. The minimum Gasteiger partial charge on any atom is -0.496 e. The highest BCUT2D eigenvalue weighted by molar-refractivity contribution is 5.39. The molecule has 0 heterocycles. The lowest BCUT2D eigenvalue weighted by Gasteiger charge is -2.17. The first-order chi connectivity index (χ1) is 9.04. The molecule has 1 aromatic carbocycles. The molecule has 1 atom stereocenters. The Morgan fingerprint density at radius 1 is 1.26 bits per heavy atom. The molecule has 1 aromatic rings. The number of rotatable bonds is 8. The van der Waals surface area contributed by atoms with E-state index in [9.17, 15) is 0 Å². The first-order valence-corrected chi connectivity index (χ1v) is 7.02. The van der Waals surface area contributed by atoms with Gasteiger partial charge in [-0.05, 0) is 31.7 Å².